The van der Waals surface area contributed by atoms with Gasteiger partial charge in [-0.25, -0.2) is 4.79 Å². The lowest BCUT2D eigenvalue weighted by molar-refractivity contribution is 0.240. The fraction of sp³-hybridized carbons (Fsp3) is 0.364. The molecule has 0 fully saturated rings. The quantitative estimate of drug-likeness (QED) is 0.666. The van der Waals surface area contributed by atoms with Gasteiger partial charge in [0.05, 0.1) is 0 Å². The summed E-state index contributed by atoms with van der Waals surface area (Å²) in [4.78, 5) is 11.1. The zero-order valence-corrected chi connectivity index (χ0v) is 9.63. The molecule has 0 aliphatic rings. The van der Waals surface area contributed by atoms with Gasteiger partial charge in [-0.3, -0.25) is 0 Å². The van der Waals surface area contributed by atoms with Gasteiger partial charge < -0.3 is 10.6 Å². The van der Waals surface area contributed by atoms with Crippen LogP contribution in [0.4, 0.5) is 4.79 Å². The van der Waals surface area contributed by atoms with Crippen molar-refractivity contribution in [3.05, 3.63) is 35.9 Å². The van der Waals surface area contributed by atoms with Crippen LogP contribution in [0, 0.1) is 0 Å². The van der Waals surface area contributed by atoms with E-state index in [4.69, 9.17) is 0 Å². The van der Waals surface area contributed by atoms with E-state index in [1.165, 1.54) is 5.56 Å². The number of hydrogen-bond donors (Lipinski definition) is 3. The maximum absolute atomic E-state index is 11.1. The van der Waals surface area contributed by atoms with Crippen molar-refractivity contribution in [2.75, 3.05) is 12.8 Å². The van der Waals surface area contributed by atoms with Crippen LogP contribution in [0.1, 0.15) is 5.56 Å². The third-order valence-electron chi connectivity index (χ3n) is 2.11. The number of carbonyl (C=O) groups excluding carboxylic acids is 1. The number of hydrogen-bond acceptors (Lipinski definition) is 2. The van der Waals surface area contributed by atoms with E-state index in [1.54, 1.807) is 7.05 Å². The lowest BCUT2D eigenvalue weighted by Crippen LogP contribution is -2.42. The fourth-order valence-electron chi connectivity index (χ4n) is 1.32. The molecule has 0 saturated heterocycles. The monoisotopic (exact) mass is 224 g/mol. The molecule has 0 aliphatic heterocycles. The Labute approximate surface area is 95.7 Å². The SMILES string of the molecule is CNC(=O)NC(CS)Cc1ccccc1. The normalized spacial score (nSPS) is 11.9. The van der Waals surface area contributed by atoms with Crippen molar-refractivity contribution in [2.45, 2.75) is 12.5 Å². The summed E-state index contributed by atoms with van der Waals surface area (Å²) in [6, 6.07) is 9.95. The van der Waals surface area contributed by atoms with Gasteiger partial charge in [0.2, 0.25) is 0 Å². The average molecular weight is 224 g/mol. The third kappa shape index (κ3) is 4.25. The molecule has 1 atom stereocenters. The van der Waals surface area contributed by atoms with Crippen LogP contribution >= 0.6 is 12.6 Å². The van der Waals surface area contributed by atoms with Crippen LogP contribution < -0.4 is 10.6 Å². The van der Waals surface area contributed by atoms with Gasteiger partial charge in [-0.15, -0.1) is 0 Å². The van der Waals surface area contributed by atoms with Gasteiger partial charge in [0, 0.05) is 18.8 Å². The molecule has 4 heteroatoms. The van der Waals surface area contributed by atoms with E-state index in [0.29, 0.717) is 5.75 Å². The minimum absolute atomic E-state index is 0.0654. The van der Waals surface area contributed by atoms with Crippen molar-refractivity contribution in [2.24, 2.45) is 0 Å². The van der Waals surface area contributed by atoms with E-state index in [2.05, 4.69) is 23.3 Å². The first kappa shape index (κ1) is 11.9. The van der Waals surface area contributed by atoms with E-state index < -0.39 is 0 Å². The van der Waals surface area contributed by atoms with Crippen molar-refractivity contribution >= 4 is 18.7 Å². The predicted octanol–water partition coefficient (Wildman–Crippen LogP) is 1.46. The van der Waals surface area contributed by atoms with Gasteiger partial charge in [0.25, 0.3) is 0 Å². The van der Waals surface area contributed by atoms with Crippen LogP contribution in [-0.2, 0) is 6.42 Å². The highest BCUT2D eigenvalue weighted by molar-refractivity contribution is 7.80. The number of urea groups is 1. The number of rotatable bonds is 4. The lowest BCUT2D eigenvalue weighted by atomic mass is 10.1. The Balaban J connectivity index is 2.50. The summed E-state index contributed by atoms with van der Waals surface area (Å²) >= 11 is 4.22. The van der Waals surface area contributed by atoms with Crippen LogP contribution in [0.2, 0.25) is 0 Å². The first-order chi connectivity index (χ1) is 7.26. The van der Waals surface area contributed by atoms with Crippen molar-refractivity contribution in [1.29, 1.82) is 0 Å². The summed E-state index contributed by atoms with van der Waals surface area (Å²) < 4.78 is 0. The molecule has 82 valence electrons. The second-order valence-corrected chi connectivity index (χ2v) is 3.66. The fourth-order valence-corrected chi connectivity index (χ4v) is 1.54. The van der Waals surface area contributed by atoms with Gasteiger partial charge in [-0.1, -0.05) is 30.3 Å². The Kier molecular flexibility index (Phi) is 5.04. The van der Waals surface area contributed by atoms with Crippen LogP contribution in [0.25, 0.3) is 0 Å². The first-order valence-corrected chi connectivity index (χ1v) is 5.52. The number of benzene rings is 1. The largest absolute Gasteiger partial charge is 0.341 e. The summed E-state index contributed by atoms with van der Waals surface area (Å²) in [5.74, 6) is 0.627. The molecule has 1 aromatic carbocycles. The third-order valence-corrected chi connectivity index (χ3v) is 2.55. The Morgan fingerprint density at radius 2 is 2.07 bits per heavy atom. The highest BCUT2D eigenvalue weighted by Crippen LogP contribution is 2.04. The Morgan fingerprint density at radius 3 is 2.60 bits per heavy atom. The molecule has 2 amide bonds. The lowest BCUT2D eigenvalue weighted by Gasteiger charge is -2.16. The summed E-state index contributed by atoms with van der Waals surface area (Å²) in [6.45, 7) is 0. The molecular weight excluding hydrogens is 208 g/mol. The van der Waals surface area contributed by atoms with Crippen LogP contribution in [0.5, 0.6) is 0 Å². The predicted molar refractivity (Wildman–Crippen MR) is 65.4 cm³/mol. The second kappa shape index (κ2) is 6.35. The van der Waals surface area contributed by atoms with Crippen molar-refractivity contribution in [3.63, 3.8) is 0 Å². The zero-order chi connectivity index (χ0) is 11.1. The van der Waals surface area contributed by atoms with Gasteiger partial charge in [-0.2, -0.15) is 12.6 Å². The number of thiol groups is 1. The Hall–Kier alpha value is -1.16. The molecule has 0 radical (unpaired) electrons. The molecule has 3 nitrogen and oxygen atoms in total. The molecule has 2 N–H and O–H groups in total. The zero-order valence-electron chi connectivity index (χ0n) is 8.73. The van der Waals surface area contributed by atoms with Crippen LogP contribution in [0.15, 0.2) is 30.3 Å². The standard InChI is InChI=1S/C11H16N2OS/c1-12-11(14)13-10(8-15)7-9-5-3-2-4-6-9/h2-6,10,15H,7-8H2,1H3,(H2,12,13,14). The maximum atomic E-state index is 11.1. The topological polar surface area (TPSA) is 41.1 Å². The molecular formula is C11H16N2OS. The van der Waals surface area contributed by atoms with Crippen molar-refractivity contribution < 1.29 is 4.79 Å². The molecule has 1 aromatic rings. The summed E-state index contributed by atoms with van der Waals surface area (Å²) in [5, 5.41) is 5.37. The highest BCUT2D eigenvalue weighted by Gasteiger charge is 2.09. The van der Waals surface area contributed by atoms with Crippen LogP contribution in [0.3, 0.4) is 0 Å². The van der Waals surface area contributed by atoms with Gasteiger partial charge >= 0.3 is 6.03 Å². The molecule has 1 unspecified atom stereocenters. The van der Waals surface area contributed by atoms with E-state index in [-0.39, 0.29) is 12.1 Å². The van der Waals surface area contributed by atoms with E-state index in [0.717, 1.165) is 6.42 Å². The van der Waals surface area contributed by atoms with Gasteiger partial charge in [-0.05, 0) is 12.0 Å². The van der Waals surface area contributed by atoms with E-state index in [1.807, 2.05) is 30.3 Å². The molecule has 0 spiro atoms. The summed E-state index contributed by atoms with van der Waals surface area (Å²) in [6.07, 6.45) is 0.803. The first-order valence-electron chi connectivity index (χ1n) is 4.89. The maximum Gasteiger partial charge on any atom is 0.314 e. The molecule has 0 heterocycles. The second-order valence-electron chi connectivity index (χ2n) is 3.29. The minimum Gasteiger partial charge on any atom is -0.341 e. The Bertz CT molecular complexity index is 303. The Morgan fingerprint density at radius 1 is 1.40 bits per heavy atom. The van der Waals surface area contributed by atoms with Gasteiger partial charge in [0.15, 0.2) is 0 Å². The molecule has 0 aliphatic carbocycles. The molecule has 0 bridgehead atoms. The number of carbonyl (C=O) groups is 1. The van der Waals surface area contributed by atoms with Crippen LogP contribution in [-0.4, -0.2) is 24.9 Å². The number of amides is 2. The molecule has 0 saturated carbocycles. The van der Waals surface area contributed by atoms with E-state index in [9.17, 15) is 4.79 Å². The van der Waals surface area contributed by atoms with Crippen molar-refractivity contribution in [3.8, 4) is 0 Å². The minimum atomic E-state index is -0.162. The van der Waals surface area contributed by atoms with E-state index >= 15 is 0 Å². The smallest absolute Gasteiger partial charge is 0.314 e. The average Bonchev–Trinajstić information content (AvgIpc) is 2.29. The highest BCUT2D eigenvalue weighted by atomic mass is 32.1. The van der Waals surface area contributed by atoms with Crippen molar-refractivity contribution in [1.82, 2.24) is 10.6 Å². The molecule has 1 rings (SSSR count). The molecule has 0 aromatic heterocycles. The summed E-state index contributed by atoms with van der Waals surface area (Å²) in [5.41, 5.74) is 1.20. The molecule has 15 heavy (non-hydrogen) atoms. The van der Waals surface area contributed by atoms with Gasteiger partial charge in [0.1, 0.15) is 0 Å². The summed E-state index contributed by atoms with van der Waals surface area (Å²) in [7, 11) is 1.60. The number of nitrogens with one attached hydrogen (secondary N) is 2.